The van der Waals surface area contributed by atoms with E-state index in [4.69, 9.17) is 4.74 Å². The Hall–Kier alpha value is -4.35. The normalized spacial score (nSPS) is 12.0. The lowest BCUT2D eigenvalue weighted by Gasteiger charge is -2.34. The lowest BCUT2D eigenvalue weighted by Crippen LogP contribution is -2.53. The van der Waals surface area contributed by atoms with Crippen LogP contribution in [-0.4, -0.2) is 57.1 Å². The summed E-state index contributed by atoms with van der Waals surface area (Å²) in [7, 11) is -4.25. The smallest absolute Gasteiger partial charge is 0.264 e. The predicted molar refractivity (Wildman–Crippen MR) is 189 cm³/mol. The Labute approximate surface area is 287 Å². The van der Waals surface area contributed by atoms with E-state index in [2.05, 4.69) is 5.32 Å². The van der Waals surface area contributed by atoms with Gasteiger partial charge in [-0.2, -0.15) is 0 Å². The van der Waals surface area contributed by atoms with Crippen LogP contribution in [0.4, 0.5) is 10.1 Å². The van der Waals surface area contributed by atoms with Crippen LogP contribution in [0.2, 0.25) is 0 Å². The van der Waals surface area contributed by atoms with E-state index in [1.165, 1.54) is 40.9 Å². The van der Waals surface area contributed by atoms with Gasteiger partial charge in [0.25, 0.3) is 10.0 Å². The Kier molecular flexibility index (Phi) is 13.0. The fraction of sp³-hybridized carbons (Fsp3) is 0.297. The number of benzene rings is 4. The Morgan fingerprint density at radius 3 is 2.10 bits per heavy atom. The molecule has 0 spiro atoms. The number of carbonyl (C=O) groups excluding carboxylic acids is 2. The van der Waals surface area contributed by atoms with Gasteiger partial charge in [0.15, 0.2) is 0 Å². The number of sulfonamides is 1. The molecule has 4 aromatic rings. The van der Waals surface area contributed by atoms with Gasteiger partial charge in [0, 0.05) is 24.4 Å². The van der Waals surface area contributed by atoms with Crippen molar-refractivity contribution in [3.63, 3.8) is 0 Å². The van der Waals surface area contributed by atoms with Crippen molar-refractivity contribution in [1.29, 1.82) is 0 Å². The van der Waals surface area contributed by atoms with Crippen LogP contribution in [0.5, 0.6) is 5.75 Å². The maximum Gasteiger partial charge on any atom is 0.264 e. The SMILES string of the molecule is CCOc1ccc(N(CC(=O)N(Cc2ccc(F)cc2)C(Cc2ccccc2)C(=O)NCC(C)C)S(=O)(=O)c2ccc(SC)cc2)cc1. The summed E-state index contributed by atoms with van der Waals surface area (Å²) < 4.78 is 49.0. The van der Waals surface area contributed by atoms with Crippen LogP contribution in [-0.2, 0) is 32.6 Å². The second kappa shape index (κ2) is 17.2. The van der Waals surface area contributed by atoms with Crippen LogP contribution in [0.3, 0.4) is 0 Å². The molecule has 2 amide bonds. The standard InChI is InChI=1S/C37H42FN3O5S2/c1-5-46-32-17-15-31(16-18-32)41(48(44,45)34-21-19-33(47-4)20-22-34)26-36(42)40(25-29-11-13-30(38)14-12-29)35(37(43)39-24-27(2)3)23-28-9-7-6-8-10-28/h6-22,27,35H,5,23-26H2,1-4H3,(H,39,43). The summed E-state index contributed by atoms with van der Waals surface area (Å²) in [5.74, 6) is -0.695. The van der Waals surface area contributed by atoms with Gasteiger partial charge in [-0.15, -0.1) is 11.8 Å². The summed E-state index contributed by atoms with van der Waals surface area (Å²) in [5.41, 5.74) is 1.66. The Morgan fingerprint density at radius 2 is 1.52 bits per heavy atom. The molecule has 11 heteroatoms. The van der Waals surface area contributed by atoms with Crippen molar-refractivity contribution in [3.8, 4) is 5.75 Å². The van der Waals surface area contributed by atoms with Crippen LogP contribution in [0.1, 0.15) is 31.9 Å². The molecule has 0 heterocycles. The predicted octanol–water partition coefficient (Wildman–Crippen LogP) is 6.55. The molecule has 0 saturated carbocycles. The summed E-state index contributed by atoms with van der Waals surface area (Å²) in [4.78, 5) is 30.7. The molecule has 0 aliphatic heterocycles. The van der Waals surface area contributed by atoms with Crippen LogP contribution in [0.15, 0.2) is 113 Å². The Balaban J connectivity index is 1.79. The minimum Gasteiger partial charge on any atom is -0.494 e. The number of hydrogen-bond donors (Lipinski definition) is 1. The number of amides is 2. The average molecular weight is 692 g/mol. The van der Waals surface area contributed by atoms with Gasteiger partial charge in [-0.05, 0) is 90.9 Å². The molecule has 0 radical (unpaired) electrons. The van der Waals surface area contributed by atoms with E-state index < -0.39 is 34.3 Å². The van der Waals surface area contributed by atoms with Crippen molar-refractivity contribution in [2.24, 2.45) is 5.92 Å². The second-order valence-electron chi connectivity index (χ2n) is 11.6. The van der Waals surface area contributed by atoms with E-state index in [0.29, 0.717) is 24.5 Å². The molecule has 8 nitrogen and oxygen atoms in total. The number of hydrogen-bond acceptors (Lipinski definition) is 6. The number of nitrogens with zero attached hydrogens (tertiary/aromatic N) is 2. The lowest BCUT2D eigenvalue weighted by molar-refractivity contribution is -0.140. The molecule has 4 aromatic carbocycles. The van der Waals surface area contributed by atoms with Gasteiger partial charge in [-0.25, -0.2) is 12.8 Å². The first-order valence-corrected chi connectivity index (χ1v) is 18.4. The first-order chi connectivity index (χ1) is 23.0. The molecule has 1 atom stereocenters. The van der Waals surface area contributed by atoms with Crippen molar-refractivity contribution < 1.29 is 27.1 Å². The third-order valence-electron chi connectivity index (χ3n) is 7.58. The van der Waals surface area contributed by atoms with Crippen LogP contribution in [0.25, 0.3) is 0 Å². The molecule has 1 N–H and O–H groups in total. The Morgan fingerprint density at radius 1 is 0.875 bits per heavy atom. The molecule has 0 aliphatic carbocycles. The van der Waals surface area contributed by atoms with Gasteiger partial charge in [0.1, 0.15) is 24.2 Å². The highest BCUT2D eigenvalue weighted by molar-refractivity contribution is 7.98. The van der Waals surface area contributed by atoms with E-state index in [-0.39, 0.29) is 35.4 Å². The van der Waals surface area contributed by atoms with E-state index in [1.54, 1.807) is 48.5 Å². The van der Waals surface area contributed by atoms with Gasteiger partial charge in [-0.3, -0.25) is 13.9 Å². The van der Waals surface area contributed by atoms with Gasteiger partial charge in [0.05, 0.1) is 17.2 Å². The van der Waals surface area contributed by atoms with E-state index in [1.807, 2.05) is 57.4 Å². The maximum atomic E-state index is 14.6. The molecular formula is C37H42FN3O5S2. The molecular weight excluding hydrogens is 650 g/mol. The van der Waals surface area contributed by atoms with Gasteiger partial charge in [0.2, 0.25) is 11.8 Å². The third kappa shape index (κ3) is 9.84. The summed E-state index contributed by atoms with van der Waals surface area (Å²) in [6.07, 6.45) is 2.08. The molecule has 0 bridgehead atoms. The fourth-order valence-corrected chi connectivity index (χ4v) is 6.86. The highest BCUT2D eigenvalue weighted by atomic mass is 32.2. The van der Waals surface area contributed by atoms with E-state index >= 15 is 0 Å². The van der Waals surface area contributed by atoms with Crippen molar-refractivity contribution in [2.75, 3.05) is 30.3 Å². The number of halogens is 1. The summed E-state index contributed by atoms with van der Waals surface area (Å²) >= 11 is 1.48. The number of rotatable bonds is 16. The van der Waals surface area contributed by atoms with Gasteiger partial charge in [-0.1, -0.05) is 56.3 Å². The number of nitrogens with one attached hydrogen (secondary N) is 1. The second-order valence-corrected chi connectivity index (χ2v) is 14.3. The molecule has 0 saturated heterocycles. The number of ether oxygens (including phenoxy) is 1. The minimum atomic E-state index is -4.25. The fourth-order valence-electron chi connectivity index (χ4n) is 5.04. The zero-order valence-corrected chi connectivity index (χ0v) is 29.3. The highest BCUT2D eigenvalue weighted by Gasteiger charge is 2.34. The topological polar surface area (TPSA) is 96.0 Å². The maximum absolute atomic E-state index is 14.6. The zero-order chi connectivity index (χ0) is 34.7. The third-order valence-corrected chi connectivity index (χ3v) is 10.1. The molecule has 0 aliphatic rings. The first kappa shape index (κ1) is 36.5. The Bertz CT molecular complexity index is 1730. The zero-order valence-electron chi connectivity index (χ0n) is 27.6. The van der Waals surface area contributed by atoms with E-state index in [9.17, 15) is 22.4 Å². The molecule has 4 rings (SSSR count). The number of anilines is 1. The molecule has 254 valence electrons. The summed E-state index contributed by atoms with van der Waals surface area (Å²) in [5, 5.41) is 2.96. The van der Waals surface area contributed by atoms with Crippen molar-refractivity contribution in [1.82, 2.24) is 10.2 Å². The van der Waals surface area contributed by atoms with Crippen LogP contribution < -0.4 is 14.4 Å². The largest absolute Gasteiger partial charge is 0.494 e. The molecule has 0 aromatic heterocycles. The number of carbonyl (C=O) groups is 2. The van der Waals surface area contributed by atoms with Gasteiger partial charge < -0.3 is 15.0 Å². The average Bonchev–Trinajstić information content (AvgIpc) is 3.09. The highest BCUT2D eigenvalue weighted by Crippen LogP contribution is 2.28. The van der Waals surface area contributed by atoms with Crippen LogP contribution in [0, 0.1) is 11.7 Å². The summed E-state index contributed by atoms with van der Waals surface area (Å²) in [6.45, 7) is 5.97. The van der Waals surface area contributed by atoms with Gasteiger partial charge >= 0.3 is 0 Å². The molecule has 1 unspecified atom stereocenters. The quantitative estimate of drug-likeness (QED) is 0.134. The summed E-state index contributed by atoms with van der Waals surface area (Å²) in [6, 6.07) is 26.9. The monoisotopic (exact) mass is 691 g/mol. The number of thioether (sulfide) groups is 1. The minimum absolute atomic E-state index is 0.0163. The van der Waals surface area contributed by atoms with Crippen LogP contribution >= 0.6 is 11.8 Å². The lowest BCUT2D eigenvalue weighted by atomic mass is 10.0. The van der Waals surface area contributed by atoms with Crippen molar-refractivity contribution in [3.05, 3.63) is 120 Å². The van der Waals surface area contributed by atoms with Crippen molar-refractivity contribution in [2.45, 2.75) is 49.6 Å². The first-order valence-electron chi connectivity index (χ1n) is 15.8. The van der Waals surface area contributed by atoms with Crippen molar-refractivity contribution >= 4 is 39.3 Å². The van der Waals surface area contributed by atoms with E-state index in [0.717, 1.165) is 14.8 Å². The molecule has 48 heavy (non-hydrogen) atoms. The molecule has 0 fully saturated rings.